The normalized spacial score (nSPS) is 26.4. The smallest absolute Gasteiger partial charge is 0.285 e. The highest BCUT2D eigenvalue weighted by Gasteiger charge is 2.56. The van der Waals surface area contributed by atoms with E-state index in [1.165, 1.54) is 6.07 Å². The van der Waals surface area contributed by atoms with Crippen molar-refractivity contribution in [2.45, 2.75) is 18.6 Å². The Morgan fingerprint density at radius 3 is 2.33 bits per heavy atom. The van der Waals surface area contributed by atoms with Gasteiger partial charge in [0.2, 0.25) is 5.91 Å². The Kier molecular flexibility index (Phi) is 3.99. The van der Waals surface area contributed by atoms with E-state index in [2.05, 4.69) is 9.80 Å². The number of amides is 4. The summed E-state index contributed by atoms with van der Waals surface area (Å²) in [4.78, 5) is 53.4. The van der Waals surface area contributed by atoms with Crippen LogP contribution < -0.4 is 10.2 Å². The number of hydrogen-bond donors (Lipinski definition) is 1. The van der Waals surface area contributed by atoms with Gasteiger partial charge in [0.25, 0.3) is 23.5 Å². The second kappa shape index (κ2) is 6.12. The van der Waals surface area contributed by atoms with Crippen LogP contribution in [0.4, 0.5) is 10.1 Å². The topological polar surface area (TPSA) is 90.0 Å². The van der Waals surface area contributed by atoms with Crippen molar-refractivity contribution < 1.29 is 23.6 Å². The number of nitrogens with zero attached hydrogens (tertiary/aromatic N) is 3. The van der Waals surface area contributed by atoms with Gasteiger partial charge < -0.3 is 9.80 Å². The largest absolute Gasteiger partial charge is 0.369 e. The van der Waals surface area contributed by atoms with Crippen molar-refractivity contribution in [1.29, 1.82) is 0 Å². The summed E-state index contributed by atoms with van der Waals surface area (Å²) < 4.78 is 15.3. The Morgan fingerprint density at radius 1 is 1.00 bits per heavy atom. The highest BCUT2D eigenvalue weighted by molar-refractivity contribution is 6.24. The molecule has 0 aliphatic carbocycles. The Labute approximate surface area is 154 Å². The highest BCUT2D eigenvalue weighted by Crippen LogP contribution is 2.36. The molecule has 2 fully saturated rings. The fourth-order valence-electron chi connectivity index (χ4n) is 3.70. The second-order valence-electron chi connectivity index (χ2n) is 7.10. The number of hydrogen-bond acceptors (Lipinski definition) is 6. The van der Waals surface area contributed by atoms with Crippen molar-refractivity contribution in [2.24, 2.45) is 0 Å². The van der Waals surface area contributed by atoms with Gasteiger partial charge in [0.15, 0.2) is 0 Å². The molecule has 1 aromatic carbocycles. The Hall–Kier alpha value is -2.81. The van der Waals surface area contributed by atoms with Crippen LogP contribution in [0.1, 0.15) is 33.6 Å². The van der Waals surface area contributed by atoms with Crippen molar-refractivity contribution in [3.63, 3.8) is 0 Å². The van der Waals surface area contributed by atoms with Crippen molar-refractivity contribution in [3.05, 3.63) is 29.3 Å². The number of carbonyl (C=O) groups excluding carboxylic acids is 4. The lowest BCUT2D eigenvalue weighted by Gasteiger charge is -2.34. The minimum Gasteiger partial charge on any atom is -0.369 e. The predicted octanol–water partition coefficient (Wildman–Crippen LogP) is 0.137. The molecule has 0 saturated carbocycles. The van der Waals surface area contributed by atoms with Gasteiger partial charge in [-0.2, -0.15) is 0 Å². The third-order valence-corrected chi connectivity index (χ3v) is 5.38. The van der Waals surface area contributed by atoms with Crippen LogP contribution in [0.5, 0.6) is 0 Å². The van der Waals surface area contributed by atoms with E-state index in [0.29, 0.717) is 4.90 Å². The number of piperidine rings is 1. The molecule has 0 bridgehead atoms. The molecule has 0 radical (unpaired) electrons. The Morgan fingerprint density at radius 2 is 1.67 bits per heavy atom. The lowest BCUT2D eigenvalue weighted by atomic mass is 10.0. The number of carbonyl (C=O) groups is 4. The zero-order valence-corrected chi connectivity index (χ0v) is 14.8. The van der Waals surface area contributed by atoms with Crippen LogP contribution >= 0.6 is 0 Å². The fourth-order valence-corrected chi connectivity index (χ4v) is 3.70. The molecule has 3 aliphatic heterocycles. The van der Waals surface area contributed by atoms with Gasteiger partial charge in [-0.25, -0.2) is 9.29 Å². The molecule has 9 heteroatoms. The Balaban J connectivity index is 1.65. The summed E-state index contributed by atoms with van der Waals surface area (Å²) in [5.74, 6) is -6.45. The first-order chi connectivity index (χ1) is 12.8. The average Bonchev–Trinajstić information content (AvgIpc) is 2.90. The number of benzene rings is 1. The summed E-state index contributed by atoms with van der Waals surface area (Å²) >= 11 is 0. The molecule has 142 valence electrons. The maximum Gasteiger partial charge on any atom is 0.285 e. The van der Waals surface area contributed by atoms with E-state index in [-0.39, 0.29) is 17.5 Å². The lowest BCUT2D eigenvalue weighted by Crippen LogP contribution is -2.61. The zero-order valence-electron chi connectivity index (χ0n) is 14.8. The molecule has 3 heterocycles. The van der Waals surface area contributed by atoms with E-state index in [9.17, 15) is 19.2 Å². The van der Waals surface area contributed by atoms with Crippen molar-refractivity contribution in [2.75, 3.05) is 38.1 Å². The SMILES string of the molecule is CN1CCN(c2ccc3c(c2)C(=O)N(C2(F)CCC(=O)NC2=O)C3=O)CC1. The molecule has 0 spiro atoms. The van der Waals surface area contributed by atoms with Gasteiger partial charge in [0.1, 0.15) is 0 Å². The van der Waals surface area contributed by atoms with Crippen molar-refractivity contribution in [3.8, 4) is 0 Å². The average molecular weight is 374 g/mol. The number of nitrogens with one attached hydrogen (secondary N) is 1. The molecule has 4 rings (SSSR count). The summed E-state index contributed by atoms with van der Waals surface area (Å²) in [6, 6.07) is 4.81. The minimum absolute atomic E-state index is 0.0691. The molecule has 1 N–H and O–H groups in total. The monoisotopic (exact) mass is 374 g/mol. The van der Waals surface area contributed by atoms with E-state index in [0.717, 1.165) is 31.9 Å². The van der Waals surface area contributed by atoms with Gasteiger partial charge in [0, 0.05) is 44.7 Å². The number of piperazine rings is 1. The lowest BCUT2D eigenvalue weighted by molar-refractivity contribution is -0.151. The maximum atomic E-state index is 15.3. The van der Waals surface area contributed by atoms with Crippen LogP contribution in [-0.4, -0.2) is 72.4 Å². The van der Waals surface area contributed by atoms with E-state index in [1.807, 2.05) is 12.4 Å². The maximum absolute atomic E-state index is 15.3. The third kappa shape index (κ3) is 2.69. The first-order valence-electron chi connectivity index (χ1n) is 8.81. The van der Waals surface area contributed by atoms with Crippen molar-refractivity contribution >= 4 is 29.3 Å². The number of alkyl halides is 1. The van der Waals surface area contributed by atoms with Gasteiger partial charge in [-0.1, -0.05) is 0 Å². The van der Waals surface area contributed by atoms with Gasteiger partial charge in [-0.3, -0.25) is 24.5 Å². The second-order valence-corrected chi connectivity index (χ2v) is 7.10. The summed E-state index contributed by atoms with van der Waals surface area (Å²) in [7, 11) is 2.03. The molecule has 2 saturated heterocycles. The summed E-state index contributed by atoms with van der Waals surface area (Å²) in [5, 5.41) is 1.87. The minimum atomic E-state index is -2.85. The summed E-state index contributed by atoms with van der Waals surface area (Å²) in [6.45, 7) is 3.30. The molecule has 1 unspecified atom stereocenters. The molecule has 1 aromatic rings. The van der Waals surface area contributed by atoms with Gasteiger partial charge in [-0.15, -0.1) is 0 Å². The zero-order chi connectivity index (χ0) is 19.3. The van der Waals surface area contributed by atoms with Crippen LogP contribution in [0.15, 0.2) is 18.2 Å². The first-order valence-corrected chi connectivity index (χ1v) is 8.81. The number of rotatable bonds is 2. The van der Waals surface area contributed by atoms with E-state index < -0.39 is 35.8 Å². The number of fused-ring (bicyclic) bond motifs is 1. The molecule has 8 nitrogen and oxygen atoms in total. The van der Waals surface area contributed by atoms with Crippen molar-refractivity contribution in [1.82, 2.24) is 15.1 Å². The number of likely N-dealkylation sites (N-methyl/N-ethyl adjacent to an activating group) is 1. The fraction of sp³-hybridized carbons (Fsp3) is 0.444. The Bertz CT molecular complexity index is 865. The quantitative estimate of drug-likeness (QED) is 0.585. The molecule has 4 amide bonds. The van der Waals surface area contributed by atoms with Crippen LogP contribution in [0, 0.1) is 0 Å². The molecule has 27 heavy (non-hydrogen) atoms. The standard InChI is InChI=1S/C18H19FN4O4/c1-21-6-8-22(9-7-21)11-2-3-12-13(10-11)16(26)23(15(12)25)18(19)5-4-14(24)20-17(18)27/h2-3,10H,4-9H2,1H3,(H,20,24,27). The van der Waals surface area contributed by atoms with Gasteiger partial charge >= 0.3 is 0 Å². The highest BCUT2D eigenvalue weighted by atomic mass is 19.1. The molecular weight excluding hydrogens is 355 g/mol. The predicted molar refractivity (Wildman–Crippen MR) is 92.9 cm³/mol. The van der Waals surface area contributed by atoms with Crippen LogP contribution in [0.25, 0.3) is 0 Å². The number of imide groups is 2. The van der Waals surface area contributed by atoms with E-state index in [1.54, 1.807) is 12.1 Å². The number of halogens is 1. The van der Waals surface area contributed by atoms with Crippen LogP contribution in [-0.2, 0) is 9.59 Å². The van der Waals surface area contributed by atoms with E-state index >= 15 is 4.39 Å². The first kappa shape index (κ1) is 17.6. The molecule has 3 aliphatic rings. The molecule has 0 aromatic heterocycles. The van der Waals surface area contributed by atoms with Crippen LogP contribution in [0.2, 0.25) is 0 Å². The van der Waals surface area contributed by atoms with Gasteiger partial charge in [0.05, 0.1) is 11.1 Å². The van der Waals surface area contributed by atoms with Gasteiger partial charge in [-0.05, 0) is 25.2 Å². The van der Waals surface area contributed by atoms with E-state index in [4.69, 9.17) is 0 Å². The molecule has 1 atom stereocenters. The summed E-state index contributed by atoms with van der Waals surface area (Å²) in [6.07, 6.45) is -0.809. The molecular formula is C18H19FN4O4. The third-order valence-electron chi connectivity index (χ3n) is 5.38. The number of anilines is 1. The van der Waals surface area contributed by atoms with Crippen LogP contribution in [0.3, 0.4) is 0 Å². The summed E-state index contributed by atoms with van der Waals surface area (Å²) in [5.41, 5.74) is 0.929.